The molecule has 2 aromatic carbocycles. The predicted octanol–water partition coefficient (Wildman–Crippen LogP) is 2.84. The minimum Gasteiger partial charge on any atom is -0.438 e. The Morgan fingerprint density at radius 1 is 0.971 bits per heavy atom. The Morgan fingerprint density at radius 2 is 1.59 bits per heavy atom. The molecule has 3 aromatic rings. The second-order valence-corrected chi connectivity index (χ2v) is 13.4. The molecule has 1 atom stereocenters. The number of nitrogens with one attached hydrogen (secondary N) is 1. The van der Waals surface area contributed by atoms with Crippen LogP contribution in [0.2, 0.25) is 5.04 Å². The molecule has 0 fully saturated rings. The van der Waals surface area contributed by atoms with Gasteiger partial charge in [-0.15, -0.1) is 0 Å². The van der Waals surface area contributed by atoms with Crippen molar-refractivity contribution in [2.75, 3.05) is 20.0 Å². The number of hydrogen-bond donors (Lipinski definition) is 2. The van der Waals surface area contributed by atoms with Gasteiger partial charge < -0.3 is 19.0 Å². The van der Waals surface area contributed by atoms with Crippen LogP contribution in [0.1, 0.15) is 33.6 Å². The highest BCUT2D eigenvalue weighted by Gasteiger charge is 2.50. The SMILES string of the molecule is CC(C)(C)[Si](OCCC(CCO)OCOc1nccc(=O)[nH]1)(c1ccccc1)c1ccccc1. The number of ether oxygens (including phenoxy) is 2. The first-order valence-electron chi connectivity index (χ1n) is 11.5. The molecule has 0 aliphatic heterocycles. The number of rotatable bonds is 12. The van der Waals surface area contributed by atoms with Gasteiger partial charge in [-0.3, -0.25) is 9.78 Å². The first-order chi connectivity index (χ1) is 16.4. The molecule has 1 heterocycles. The number of aliphatic hydroxyl groups is 1. The van der Waals surface area contributed by atoms with Crippen LogP contribution in [-0.2, 0) is 9.16 Å². The van der Waals surface area contributed by atoms with E-state index in [0.29, 0.717) is 19.4 Å². The van der Waals surface area contributed by atoms with Gasteiger partial charge in [0.1, 0.15) is 0 Å². The van der Waals surface area contributed by atoms with Gasteiger partial charge in [-0.1, -0.05) is 81.4 Å². The minimum absolute atomic E-state index is 0.00962. The molecule has 1 aromatic heterocycles. The van der Waals surface area contributed by atoms with Gasteiger partial charge in [-0.05, 0) is 28.3 Å². The number of aliphatic hydroxyl groups excluding tert-OH is 1. The summed E-state index contributed by atoms with van der Waals surface area (Å²) in [6.07, 6.45) is 2.15. The molecule has 0 spiro atoms. The molecule has 0 bridgehead atoms. The summed E-state index contributed by atoms with van der Waals surface area (Å²) in [7, 11) is -2.63. The zero-order valence-electron chi connectivity index (χ0n) is 20.1. The van der Waals surface area contributed by atoms with Crippen LogP contribution in [0.25, 0.3) is 0 Å². The second-order valence-electron chi connectivity index (χ2n) is 9.10. The van der Waals surface area contributed by atoms with E-state index >= 15 is 0 Å². The monoisotopic (exact) mass is 482 g/mol. The van der Waals surface area contributed by atoms with Crippen LogP contribution in [-0.4, -0.2) is 49.5 Å². The number of H-pyrrole nitrogens is 1. The zero-order chi connectivity index (χ0) is 24.4. The lowest BCUT2D eigenvalue weighted by atomic mass is 10.2. The third kappa shape index (κ3) is 6.42. The molecule has 1 unspecified atom stereocenters. The number of aromatic nitrogens is 2. The fourth-order valence-corrected chi connectivity index (χ4v) is 8.75. The van der Waals surface area contributed by atoms with Gasteiger partial charge in [0, 0.05) is 25.5 Å². The molecule has 0 aliphatic carbocycles. The summed E-state index contributed by atoms with van der Waals surface area (Å²) in [6, 6.07) is 22.3. The zero-order valence-corrected chi connectivity index (χ0v) is 21.1. The van der Waals surface area contributed by atoms with E-state index in [4.69, 9.17) is 13.9 Å². The largest absolute Gasteiger partial charge is 0.438 e. The summed E-state index contributed by atoms with van der Waals surface area (Å²) in [4.78, 5) is 17.8. The van der Waals surface area contributed by atoms with Crippen LogP contribution < -0.4 is 20.7 Å². The van der Waals surface area contributed by atoms with E-state index in [1.807, 2.05) is 12.1 Å². The van der Waals surface area contributed by atoms with Crippen LogP contribution in [0, 0.1) is 0 Å². The maximum Gasteiger partial charge on any atom is 0.298 e. The maximum atomic E-state index is 11.4. The molecule has 0 saturated heterocycles. The molecular weight excluding hydrogens is 448 g/mol. The van der Waals surface area contributed by atoms with E-state index in [0.717, 1.165) is 0 Å². The number of benzene rings is 2. The molecule has 7 nitrogen and oxygen atoms in total. The Kier molecular flexibility index (Phi) is 9.18. The van der Waals surface area contributed by atoms with Crippen molar-refractivity contribution < 1.29 is 19.0 Å². The summed E-state index contributed by atoms with van der Waals surface area (Å²) < 4.78 is 18.1. The molecule has 8 heteroatoms. The van der Waals surface area contributed by atoms with Crippen LogP contribution >= 0.6 is 0 Å². The van der Waals surface area contributed by atoms with Crippen LogP contribution in [0.5, 0.6) is 6.01 Å². The molecule has 3 rings (SSSR count). The second kappa shape index (κ2) is 12.1. The lowest BCUT2D eigenvalue weighted by Gasteiger charge is -2.43. The Hall–Kier alpha value is -2.78. The van der Waals surface area contributed by atoms with Crippen molar-refractivity contribution in [3.8, 4) is 6.01 Å². The lowest BCUT2D eigenvalue weighted by Crippen LogP contribution is -2.66. The van der Waals surface area contributed by atoms with Crippen molar-refractivity contribution in [1.82, 2.24) is 9.97 Å². The molecule has 182 valence electrons. The number of hydrogen-bond acceptors (Lipinski definition) is 6. The Balaban J connectivity index is 1.74. The third-order valence-electron chi connectivity index (χ3n) is 5.77. The average molecular weight is 483 g/mol. The first kappa shape index (κ1) is 25.8. The average Bonchev–Trinajstić information content (AvgIpc) is 2.82. The van der Waals surface area contributed by atoms with Crippen LogP contribution in [0.15, 0.2) is 77.7 Å². The lowest BCUT2D eigenvalue weighted by molar-refractivity contribution is -0.0548. The molecule has 0 amide bonds. The van der Waals surface area contributed by atoms with Crippen LogP contribution in [0.3, 0.4) is 0 Å². The van der Waals surface area contributed by atoms with Gasteiger partial charge in [0.25, 0.3) is 19.9 Å². The number of aromatic amines is 1. The smallest absolute Gasteiger partial charge is 0.298 e. The van der Waals surface area contributed by atoms with Crippen molar-refractivity contribution in [2.24, 2.45) is 0 Å². The fraction of sp³-hybridized carbons (Fsp3) is 0.385. The van der Waals surface area contributed by atoms with Gasteiger partial charge in [-0.2, -0.15) is 0 Å². The summed E-state index contributed by atoms with van der Waals surface area (Å²) >= 11 is 0. The summed E-state index contributed by atoms with van der Waals surface area (Å²) in [5.74, 6) is 0. The minimum atomic E-state index is -2.63. The topological polar surface area (TPSA) is 93.7 Å². The fourth-order valence-electron chi connectivity index (χ4n) is 4.17. The van der Waals surface area contributed by atoms with Crippen molar-refractivity contribution in [2.45, 2.75) is 44.8 Å². The van der Waals surface area contributed by atoms with Crippen molar-refractivity contribution in [1.29, 1.82) is 0 Å². The Bertz CT molecular complexity index is 1010. The molecule has 0 radical (unpaired) electrons. The van der Waals surface area contributed by atoms with E-state index in [2.05, 4.69) is 79.3 Å². The molecule has 0 saturated carbocycles. The molecular formula is C26H34N2O5Si. The highest BCUT2D eigenvalue weighted by atomic mass is 28.4. The van der Waals surface area contributed by atoms with E-state index in [1.165, 1.54) is 22.6 Å². The molecule has 34 heavy (non-hydrogen) atoms. The van der Waals surface area contributed by atoms with E-state index in [-0.39, 0.29) is 36.1 Å². The summed E-state index contributed by atoms with van der Waals surface area (Å²) in [5.41, 5.74) is -0.296. The predicted molar refractivity (Wildman–Crippen MR) is 135 cm³/mol. The standard InChI is InChI=1S/C26H34N2O5Si/c1-26(2,3)34(22-10-6-4-7-11-22,23-12-8-5-9-13-23)33-19-16-21(15-18-29)31-20-32-25-27-17-14-24(30)28-25/h4-14,17,21,29H,15-16,18-20H2,1-3H3,(H,27,28,30). The first-order valence-corrected chi connectivity index (χ1v) is 13.4. The van der Waals surface area contributed by atoms with Crippen molar-refractivity contribution in [3.05, 3.63) is 83.3 Å². The quantitative estimate of drug-likeness (QED) is 0.305. The van der Waals surface area contributed by atoms with E-state index in [9.17, 15) is 9.90 Å². The van der Waals surface area contributed by atoms with Crippen molar-refractivity contribution >= 4 is 18.7 Å². The molecule has 0 aliphatic rings. The summed E-state index contributed by atoms with van der Waals surface area (Å²) in [6.45, 7) is 7.09. The molecule has 2 N–H and O–H groups in total. The summed E-state index contributed by atoms with van der Waals surface area (Å²) in [5, 5.41) is 11.8. The Labute approximate surface area is 201 Å². The highest BCUT2D eigenvalue weighted by molar-refractivity contribution is 6.99. The van der Waals surface area contributed by atoms with E-state index < -0.39 is 8.32 Å². The third-order valence-corrected chi connectivity index (χ3v) is 10.8. The van der Waals surface area contributed by atoms with Gasteiger partial charge >= 0.3 is 0 Å². The van der Waals surface area contributed by atoms with E-state index in [1.54, 1.807) is 0 Å². The maximum absolute atomic E-state index is 11.4. The normalized spacial score (nSPS) is 12.9. The van der Waals surface area contributed by atoms with Crippen LogP contribution in [0.4, 0.5) is 0 Å². The highest BCUT2D eigenvalue weighted by Crippen LogP contribution is 2.36. The van der Waals surface area contributed by atoms with Gasteiger partial charge in [0.05, 0.1) is 6.10 Å². The number of nitrogens with zero attached hydrogens (tertiary/aromatic N) is 1. The van der Waals surface area contributed by atoms with Gasteiger partial charge in [-0.25, -0.2) is 4.98 Å². The van der Waals surface area contributed by atoms with Gasteiger partial charge in [0.2, 0.25) is 0 Å². The van der Waals surface area contributed by atoms with Crippen molar-refractivity contribution in [3.63, 3.8) is 0 Å². The Morgan fingerprint density at radius 3 is 2.12 bits per heavy atom. The van der Waals surface area contributed by atoms with Gasteiger partial charge in [0.15, 0.2) is 6.79 Å².